The van der Waals surface area contributed by atoms with Gasteiger partial charge in [0.25, 0.3) is 5.91 Å². The number of nitrogens with one attached hydrogen (secondary N) is 1. The summed E-state index contributed by atoms with van der Waals surface area (Å²) in [5, 5.41) is 11.8. The van der Waals surface area contributed by atoms with E-state index in [0.717, 1.165) is 0 Å². The second-order valence-corrected chi connectivity index (χ2v) is 4.80. The van der Waals surface area contributed by atoms with Crippen molar-refractivity contribution in [1.29, 1.82) is 0 Å². The van der Waals surface area contributed by atoms with Gasteiger partial charge in [0.2, 0.25) is 0 Å². The molecular formula is C16H14ClNO3. The zero-order chi connectivity index (χ0) is 15.2. The van der Waals surface area contributed by atoms with Crippen LogP contribution >= 0.6 is 11.6 Å². The van der Waals surface area contributed by atoms with E-state index >= 15 is 0 Å². The molecule has 0 aliphatic rings. The fraction of sp³-hybridized carbons (Fsp3) is 0.125. The first-order chi connectivity index (χ1) is 10.1. The van der Waals surface area contributed by atoms with E-state index in [0.29, 0.717) is 16.1 Å². The Kier molecular flexibility index (Phi) is 5.09. The van der Waals surface area contributed by atoms with Crippen molar-refractivity contribution in [2.45, 2.75) is 0 Å². The molecule has 0 aliphatic heterocycles. The lowest BCUT2D eigenvalue weighted by Gasteiger charge is -2.09. The van der Waals surface area contributed by atoms with Crippen LogP contribution in [-0.2, 0) is 0 Å². The molecule has 108 valence electrons. The second-order valence-electron chi connectivity index (χ2n) is 4.36. The number of carbonyl (C=O) groups excluding carboxylic acids is 2. The number of aliphatic hydroxyl groups excluding tert-OH is 1. The van der Waals surface area contributed by atoms with Gasteiger partial charge in [0.15, 0.2) is 5.78 Å². The standard InChI is InChI=1S/C16H14ClNO3/c17-12-7-5-11(6-8-12)15(20)13-3-1-2-4-14(13)16(21)18-9-10-19/h1-8,19H,9-10H2,(H,18,21). The summed E-state index contributed by atoms with van der Waals surface area (Å²) >= 11 is 5.80. The molecule has 0 aromatic heterocycles. The van der Waals surface area contributed by atoms with Gasteiger partial charge in [-0.05, 0) is 30.3 Å². The van der Waals surface area contributed by atoms with Crippen LogP contribution in [0.2, 0.25) is 5.02 Å². The molecular weight excluding hydrogens is 290 g/mol. The van der Waals surface area contributed by atoms with E-state index in [1.807, 2.05) is 0 Å². The van der Waals surface area contributed by atoms with Crippen LogP contribution in [0.1, 0.15) is 26.3 Å². The first kappa shape index (κ1) is 15.2. The van der Waals surface area contributed by atoms with Crippen molar-refractivity contribution in [3.8, 4) is 0 Å². The predicted octanol–water partition coefficient (Wildman–Crippen LogP) is 2.29. The Morgan fingerprint density at radius 3 is 2.24 bits per heavy atom. The Hall–Kier alpha value is -2.17. The second kappa shape index (κ2) is 7.02. The molecule has 5 heteroatoms. The molecule has 2 aromatic rings. The minimum absolute atomic E-state index is 0.141. The highest BCUT2D eigenvalue weighted by Gasteiger charge is 2.17. The third-order valence-corrected chi connectivity index (χ3v) is 3.17. The van der Waals surface area contributed by atoms with Gasteiger partial charge in [-0.15, -0.1) is 0 Å². The van der Waals surface area contributed by atoms with Gasteiger partial charge >= 0.3 is 0 Å². The molecule has 0 saturated carbocycles. The Labute approximate surface area is 127 Å². The molecule has 2 rings (SSSR count). The first-order valence-electron chi connectivity index (χ1n) is 6.42. The van der Waals surface area contributed by atoms with Crippen molar-refractivity contribution >= 4 is 23.3 Å². The van der Waals surface area contributed by atoms with Crippen molar-refractivity contribution in [1.82, 2.24) is 5.32 Å². The number of halogens is 1. The summed E-state index contributed by atoms with van der Waals surface area (Å²) in [7, 11) is 0. The average Bonchev–Trinajstić information content (AvgIpc) is 2.52. The number of amides is 1. The zero-order valence-electron chi connectivity index (χ0n) is 11.2. The summed E-state index contributed by atoms with van der Waals surface area (Å²) in [6.07, 6.45) is 0. The third kappa shape index (κ3) is 3.68. The molecule has 0 aliphatic carbocycles. The molecule has 2 aromatic carbocycles. The highest BCUT2D eigenvalue weighted by Crippen LogP contribution is 2.17. The molecule has 4 nitrogen and oxygen atoms in total. The van der Waals surface area contributed by atoms with Gasteiger partial charge in [-0.1, -0.05) is 29.8 Å². The molecule has 1 amide bonds. The van der Waals surface area contributed by atoms with Crippen molar-refractivity contribution in [2.24, 2.45) is 0 Å². The fourth-order valence-electron chi connectivity index (χ4n) is 1.90. The largest absolute Gasteiger partial charge is 0.395 e. The number of hydrogen-bond donors (Lipinski definition) is 2. The van der Waals surface area contributed by atoms with Crippen LogP contribution in [0.4, 0.5) is 0 Å². The van der Waals surface area contributed by atoms with Crippen molar-refractivity contribution in [3.63, 3.8) is 0 Å². The molecule has 0 spiro atoms. The topological polar surface area (TPSA) is 66.4 Å². The summed E-state index contributed by atoms with van der Waals surface area (Å²) in [6, 6.07) is 13.1. The van der Waals surface area contributed by atoms with E-state index in [-0.39, 0.29) is 30.4 Å². The minimum Gasteiger partial charge on any atom is -0.395 e. The minimum atomic E-state index is -0.387. The summed E-state index contributed by atoms with van der Waals surface area (Å²) in [4.78, 5) is 24.5. The number of rotatable bonds is 5. The average molecular weight is 304 g/mol. The van der Waals surface area contributed by atoms with Crippen LogP contribution in [0.5, 0.6) is 0 Å². The van der Waals surface area contributed by atoms with Crippen LogP contribution in [0, 0.1) is 0 Å². The van der Waals surface area contributed by atoms with E-state index in [4.69, 9.17) is 16.7 Å². The highest BCUT2D eigenvalue weighted by molar-refractivity contribution is 6.30. The fourth-order valence-corrected chi connectivity index (χ4v) is 2.03. The van der Waals surface area contributed by atoms with E-state index in [1.165, 1.54) is 0 Å². The van der Waals surface area contributed by atoms with Gasteiger partial charge in [-0.2, -0.15) is 0 Å². The van der Waals surface area contributed by atoms with Crippen LogP contribution in [-0.4, -0.2) is 29.9 Å². The number of ketones is 1. The van der Waals surface area contributed by atoms with E-state index in [9.17, 15) is 9.59 Å². The van der Waals surface area contributed by atoms with Crippen molar-refractivity contribution < 1.29 is 14.7 Å². The van der Waals surface area contributed by atoms with Gasteiger partial charge in [-0.3, -0.25) is 9.59 Å². The zero-order valence-corrected chi connectivity index (χ0v) is 11.9. The Bertz CT molecular complexity index is 653. The van der Waals surface area contributed by atoms with Crippen molar-refractivity contribution in [3.05, 3.63) is 70.2 Å². The maximum Gasteiger partial charge on any atom is 0.252 e. The van der Waals surface area contributed by atoms with Gasteiger partial charge < -0.3 is 10.4 Å². The van der Waals surface area contributed by atoms with Gasteiger partial charge in [0.05, 0.1) is 12.2 Å². The summed E-state index contributed by atoms with van der Waals surface area (Å²) < 4.78 is 0. The molecule has 0 radical (unpaired) electrons. The maximum absolute atomic E-state index is 12.5. The van der Waals surface area contributed by atoms with Crippen LogP contribution < -0.4 is 5.32 Å². The molecule has 0 heterocycles. The van der Waals surface area contributed by atoms with Gasteiger partial charge in [-0.25, -0.2) is 0 Å². The molecule has 21 heavy (non-hydrogen) atoms. The normalized spacial score (nSPS) is 10.2. The summed E-state index contributed by atoms with van der Waals surface area (Å²) in [5.41, 5.74) is 1.06. The van der Waals surface area contributed by atoms with Gasteiger partial charge in [0.1, 0.15) is 0 Å². The quantitative estimate of drug-likeness (QED) is 0.833. The summed E-state index contributed by atoms with van der Waals surface area (Å²) in [6.45, 7) is -0.0126. The smallest absolute Gasteiger partial charge is 0.252 e. The number of hydrogen-bond acceptors (Lipinski definition) is 3. The molecule has 0 saturated heterocycles. The van der Waals surface area contributed by atoms with Gasteiger partial charge in [0, 0.05) is 22.7 Å². The number of carbonyl (C=O) groups is 2. The number of aliphatic hydroxyl groups is 1. The SMILES string of the molecule is O=C(NCCO)c1ccccc1C(=O)c1ccc(Cl)cc1. The van der Waals surface area contributed by atoms with E-state index in [2.05, 4.69) is 5.32 Å². The number of benzene rings is 2. The predicted molar refractivity (Wildman–Crippen MR) is 80.7 cm³/mol. The lowest BCUT2D eigenvalue weighted by Crippen LogP contribution is -2.28. The molecule has 0 unspecified atom stereocenters. The lowest BCUT2D eigenvalue weighted by atomic mass is 9.98. The highest BCUT2D eigenvalue weighted by atomic mass is 35.5. The van der Waals surface area contributed by atoms with Crippen molar-refractivity contribution in [2.75, 3.05) is 13.2 Å². The monoisotopic (exact) mass is 303 g/mol. The Morgan fingerprint density at radius 2 is 1.62 bits per heavy atom. The molecule has 0 atom stereocenters. The first-order valence-corrected chi connectivity index (χ1v) is 6.79. The third-order valence-electron chi connectivity index (χ3n) is 2.92. The summed E-state index contributed by atoms with van der Waals surface area (Å²) in [5.74, 6) is -0.636. The lowest BCUT2D eigenvalue weighted by molar-refractivity contribution is 0.0934. The van der Waals surface area contributed by atoms with E-state index in [1.54, 1.807) is 48.5 Å². The molecule has 0 fully saturated rings. The van der Waals surface area contributed by atoms with Crippen LogP contribution in [0.3, 0.4) is 0 Å². The Balaban J connectivity index is 2.33. The van der Waals surface area contributed by atoms with Crippen LogP contribution in [0.25, 0.3) is 0 Å². The molecule has 0 bridgehead atoms. The molecule has 2 N–H and O–H groups in total. The Morgan fingerprint density at radius 1 is 1.00 bits per heavy atom. The van der Waals surface area contributed by atoms with Crippen LogP contribution in [0.15, 0.2) is 48.5 Å². The van der Waals surface area contributed by atoms with E-state index < -0.39 is 0 Å². The maximum atomic E-state index is 12.5.